The van der Waals surface area contributed by atoms with E-state index in [0.717, 1.165) is 5.69 Å². The van der Waals surface area contributed by atoms with Gasteiger partial charge in [-0.15, -0.1) is 0 Å². The quantitative estimate of drug-likeness (QED) is 0.477. The van der Waals surface area contributed by atoms with Crippen LogP contribution >= 0.6 is 23.5 Å². The summed E-state index contributed by atoms with van der Waals surface area (Å²) in [5.74, 6) is 0. The fourth-order valence-corrected chi connectivity index (χ4v) is 5.38. The Bertz CT molecular complexity index is 460. The van der Waals surface area contributed by atoms with Crippen LogP contribution < -0.4 is 4.90 Å². The number of benzene rings is 1. The maximum absolute atomic E-state index is 11.8. The van der Waals surface area contributed by atoms with Crippen LogP contribution in [0.2, 0.25) is 0 Å². The predicted molar refractivity (Wildman–Crippen MR) is 81.8 cm³/mol. The molecule has 0 unspecified atom stereocenters. The van der Waals surface area contributed by atoms with Crippen molar-refractivity contribution in [1.82, 2.24) is 0 Å². The number of oxime groups is 1. The van der Waals surface area contributed by atoms with Crippen molar-refractivity contribution in [3.63, 3.8) is 0 Å². The zero-order valence-electron chi connectivity index (χ0n) is 10.1. The highest BCUT2D eigenvalue weighted by molar-refractivity contribution is 8.46. The molecule has 0 aliphatic carbocycles. The van der Waals surface area contributed by atoms with Gasteiger partial charge in [0.25, 0.3) is 0 Å². The number of thioether (sulfide) groups is 2. The number of para-hydroxylation sites is 1. The lowest BCUT2D eigenvalue weighted by Gasteiger charge is -2.17. The van der Waals surface area contributed by atoms with Crippen molar-refractivity contribution in [3.05, 3.63) is 30.3 Å². The van der Waals surface area contributed by atoms with Crippen LogP contribution in [0.15, 0.2) is 35.5 Å². The number of rotatable bonds is 2. The molecule has 0 bridgehead atoms. The third-order valence-electron chi connectivity index (χ3n) is 2.24. The average molecular weight is 316 g/mol. The Morgan fingerprint density at radius 2 is 2.00 bits per heavy atom. The van der Waals surface area contributed by atoms with Crippen LogP contribution in [0.3, 0.4) is 0 Å². The van der Waals surface area contributed by atoms with Crippen LogP contribution in [0.1, 0.15) is 0 Å². The van der Waals surface area contributed by atoms with Crippen LogP contribution in [0.5, 0.6) is 0 Å². The standard InChI is InChI=1S/C11H12N2O3S3/c1-13(9-5-3-2-4-6-9)11(14)16-12-10-17-7-19(15)8-18-10/h2-6H,7-8H2,1H3. The summed E-state index contributed by atoms with van der Waals surface area (Å²) in [4.78, 5) is 18.0. The van der Waals surface area contributed by atoms with Gasteiger partial charge in [0.1, 0.15) is 0 Å². The van der Waals surface area contributed by atoms with E-state index in [4.69, 9.17) is 4.84 Å². The van der Waals surface area contributed by atoms with Crippen molar-refractivity contribution in [2.75, 3.05) is 22.1 Å². The molecule has 1 fully saturated rings. The molecule has 2 rings (SSSR count). The molecule has 1 aromatic carbocycles. The summed E-state index contributed by atoms with van der Waals surface area (Å²) in [6.07, 6.45) is -0.549. The number of hydrogen-bond acceptors (Lipinski definition) is 6. The van der Waals surface area contributed by atoms with Crippen LogP contribution in [-0.4, -0.2) is 32.2 Å². The number of carbonyl (C=O) groups is 1. The average Bonchev–Trinajstić information content (AvgIpc) is 2.46. The number of hydrogen-bond donors (Lipinski definition) is 0. The smallest absolute Gasteiger partial charge is 0.440 e. The highest BCUT2D eigenvalue weighted by atomic mass is 32.3. The summed E-state index contributed by atoms with van der Waals surface area (Å²) < 4.78 is 11.8. The van der Waals surface area contributed by atoms with Gasteiger partial charge in [-0.3, -0.25) is 9.74 Å². The van der Waals surface area contributed by atoms with Crippen LogP contribution in [0, 0.1) is 0 Å². The fourth-order valence-electron chi connectivity index (χ4n) is 1.26. The van der Waals surface area contributed by atoms with E-state index in [1.165, 1.54) is 28.4 Å². The molecule has 1 aromatic rings. The minimum absolute atomic E-state index is 0.498. The molecule has 1 aliphatic rings. The van der Waals surface area contributed by atoms with E-state index in [1.54, 1.807) is 7.05 Å². The Hall–Kier alpha value is -0.830. The predicted octanol–water partition coefficient (Wildman–Crippen LogP) is 2.67. The maximum atomic E-state index is 11.8. The van der Waals surface area contributed by atoms with Gasteiger partial charge >= 0.3 is 6.09 Å². The lowest BCUT2D eigenvalue weighted by atomic mass is 10.3. The molecular weight excluding hydrogens is 304 g/mol. The zero-order chi connectivity index (χ0) is 13.7. The molecule has 0 aromatic heterocycles. The molecule has 0 N–H and O–H groups in total. The number of carbonyl (C=O) groups excluding carboxylic acids is 1. The number of anilines is 1. The van der Waals surface area contributed by atoms with Crippen LogP contribution in [-0.2, 0) is 16.0 Å². The summed E-state index contributed by atoms with van der Waals surface area (Å²) in [6.45, 7) is 0. The van der Waals surface area contributed by atoms with Gasteiger partial charge in [0, 0.05) is 12.7 Å². The molecule has 102 valence electrons. The summed E-state index contributed by atoms with van der Waals surface area (Å²) in [5, 5.41) is 4.78. The molecule has 0 radical (unpaired) electrons. The molecule has 0 spiro atoms. The zero-order valence-corrected chi connectivity index (χ0v) is 12.6. The van der Waals surface area contributed by atoms with Crippen molar-refractivity contribution < 1.29 is 14.2 Å². The summed E-state index contributed by atoms with van der Waals surface area (Å²) in [5.41, 5.74) is 0.734. The SMILES string of the molecule is CN(C(=O)ON=C1SC[S+]([O-])CS1)c1ccccc1. The van der Waals surface area contributed by atoms with Crippen molar-refractivity contribution >= 4 is 50.9 Å². The second-order valence-corrected chi connectivity index (χ2v) is 7.95. The molecule has 1 heterocycles. The van der Waals surface area contributed by atoms with Crippen molar-refractivity contribution in [3.8, 4) is 0 Å². The molecule has 1 saturated heterocycles. The van der Waals surface area contributed by atoms with E-state index in [1.807, 2.05) is 30.3 Å². The van der Waals surface area contributed by atoms with Gasteiger partial charge < -0.3 is 4.55 Å². The van der Waals surface area contributed by atoms with Gasteiger partial charge in [0.2, 0.25) is 0 Å². The van der Waals surface area contributed by atoms with Gasteiger partial charge in [-0.25, -0.2) is 4.79 Å². The first kappa shape index (κ1) is 14.6. The van der Waals surface area contributed by atoms with E-state index in [2.05, 4.69) is 5.16 Å². The Morgan fingerprint density at radius 1 is 1.37 bits per heavy atom. The largest absolute Gasteiger partial charge is 0.615 e. The minimum Gasteiger partial charge on any atom is -0.615 e. The molecular formula is C11H12N2O3S3. The monoisotopic (exact) mass is 316 g/mol. The molecule has 5 nitrogen and oxygen atoms in total. The molecule has 8 heteroatoms. The molecule has 0 saturated carbocycles. The maximum Gasteiger partial charge on any atom is 0.440 e. The molecule has 1 aliphatic heterocycles. The van der Waals surface area contributed by atoms with Gasteiger partial charge in [0.15, 0.2) is 14.5 Å². The lowest BCUT2D eigenvalue weighted by Crippen LogP contribution is -2.26. The fraction of sp³-hybridized carbons (Fsp3) is 0.273. The second kappa shape index (κ2) is 7.09. The van der Waals surface area contributed by atoms with E-state index >= 15 is 0 Å². The highest BCUT2D eigenvalue weighted by Gasteiger charge is 2.20. The summed E-state index contributed by atoms with van der Waals surface area (Å²) in [6, 6.07) is 9.17. The summed E-state index contributed by atoms with van der Waals surface area (Å²) in [7, 11) is 1.62. The Kier molecular flexibility index (Phi) is 5.44. The Labute approximate surface area is 122 Å². The normalized spacial score (nSPS) is 18.8. The molecule has 1 amide bonds. The molecule has 0 atom stereocenters. The van der Waals surface area contributed by atoms with Crippen LogP contribution in [0.25, 0.3) is 0 Å². The highest BCUT2D eigenvalue weighted by Crippen LogP contribution is 2.27. The van der Waals surface area contributed by atoms with Crippen molar-refractivity contribution in [1.29, 1.82) is 0 Å². The van der Waals surface area contributed by atoms with Crippen molar-refractivity contribution in [2.24, 2.45) is 5.16 Å². The van der Waals surface area contributed by atoms with Gasteiger partial charge in [-0.2, -0.15) is 0 Å². The number of nitrogens with zero attached hydrogens (tertiary/aromatic N) is 2. The van der Waals surface area contributed by atoms with Gasteiger partial charge in [-0.1, -0.05) is 23.4 Å². The second-order valence-electron chi connectivity index (χ2n) is 3.57. The molecule has 19 heavy (non-hydrogen) atoms. The van der Waals surface area contributed by atoms with E-state index < -0.39 is 17.3 Å². The Morgan fingerprint density at radius 3 is 2.63 bits per heavy atom. The van der Waals surface area contributed by atoms with Gasteiger partial charge in [-0.05, 0) is 46.8 Å². The Balaban J connectivity index is 1.89. The minimum atomic E-state index is -0.819. The third kappa shape index (κ3) is 4.34. The first-order valence-electron chi connectivity index (χ1n) is 5.35. The number of amides is 1. The lowest BCUT2D eigenvalue weighted by molar-refractivity contribution is 0.160. The van der Waals surface area contributed by atoms with E-state index in [-0.39, 0.29) is 0 Å². The summed E-state index contributed by atoms with van der Waals surface area (Å²) >= 11 is 1.86. The van der Waals surface area contributed by atoms with E-state index in [9.17, 15) is 9.35 Å². The third-order valence-corrected chi connectivity index (χ3v) is 6.64. The first-order chi connectivity index (χ1) is 9.16. The topological polar surface area (TPSA) is 65.0 Å². The van der Waals surface area contributed by atoms with Crippen molar-refractivity contribution in [2.45, 2.75) is 0 Å². The van der Waals surface area contributed by atoms with Crippen LogP contribution in [0.4, 0.5) is 10.5 Å². The van der Waals surface area contributed by atoms with Gasteiger partial charge in [0.05, 0.1) is 0 Å². The van der Waals surface area contributed by atoms with E-state index in [0.29, 0.717) is 14.5 Å². The first-order valence-corrected chi connectivity index (χ1v) is 8.81.